The minimum Gasteiger partial charge on any atom is -0.336 e. The maximum atomic E-state index is 12.3. The van der Waals surface area contributed by atoms with Crippen molar-refractivity contribution < 1.29 is 22.8 Å². The number of halogens is 3. The molecule has 0 spiro atoms. The van der Waals surface area contributed by atoms with E-state index in [0.29, 0.717) is 0 Å². The van der Waals surface area contributed by atoms with E-state index in [1.165, 1.54) is 11.0 Å². The Labute approximate surface area is 132 Å². The van der Waals surface area contributed by atoms with Crippen LogP contribution in [0.4, 0.5) is 13.2 Å². The number of nitrogens with zero attached hydrogens (tertiary/aromatic N) is 2. The number of piperazine rings is 1. The van der Waals surface area contributed by atoms with Crippen LogP contribution in [0, 0.1) is 6.92 Å². The molecule has 0 radical (unpaired) electrons. The molecule has 0 N–H and O–H groups in total. The standard InChI is InChI=1S/C16H17F3N2O2/c1-12-3-2-4-13(11-12)5-6-14(22)20-7-9-21(10-8-20)15(23)16(17,18)19/h2-6,11H,7-10H2,1H3/b6-5+. The molecule has 0 aromatic heterocycles. The Morgan fingerprint density at radius 3 is 2.26 bits per heavy atom. The number of carbonyl (C=O) groups is 2. The highest BCUT2D eigenvalue weighted by Crippen LogP contribution is 2.19. The third-order valence-electron chi connectivity index (χ3n) is 3.58. The summed E-state index contributed by atoms with van der Waals surface area (Å²) in [5.74, 6) is -2.12. The first-order valence-electron chi connectivity index (χ1n) is 7.17. The van der Waals surface area contributed by atoms with Crippen molar-refractivity contribution in [3.8, 4) is 0 Å². The molecule has 1 aromatic carbocycles. The molecule has 7 heteroatoms. The van der Waals surface area contributed by atoms with Crippen LogP contribution >= 0.6 is 0 Å². The zero-order valence-corrected chi connectivity index (χ0v) is 12.6. The largest absolute Gasteiger partial charge is 0.471 e. The quantitative estimate of drug-likeness (QED) is 0.782. The molecule has 124 valence electrons. The Morgan fingerprint density at radius 2 is 1.70 bits per heavy atom. The molecule has 1 fully saturated rings. The van der Waals surface area contributed by atoms with Crippen molar-refractivity contribution in [3.63, 3.8) is 0 Å². The lowest BCUT2D eigenvalue weighted by Crippen LogP contribution is -2.53. The highest BCUT2D eigenvalue weighted by atomic mass is 19.4. The molecule has 0 bridgehead atoms. The molecule has 23 heavy (non-hydrogen) atoms. The lowest BCUT2D eigenvalue weighted by molar-refractivity contribution is -0.187. The van der Waals surface area contributed by atoms with Gasteiger partial charge in [0.2, 0.25) is 5.91 Å². The van der Waals surface area contributed by atoms with Crippen LogP contribution in [-0.4, -0.2) is 54.0 Å². The Morgan fingerprint density at radius 1 is 1.09 bits per heavy atom. The van der Waals surface area contributed by atoms with E-state index in [0.717, 1.165) is 16.0 Å². The first kappa shape index (κ1) is 17.1. The predicted octanol–water partition coefficient (Wildman–Crippen LogP) is 2.24. The highest BCUT2D eigenvalue weighted by molar-refractivity contribution is 5.92. The first-order valence-corrected chi connectivity index (χ1v) is 7.17. The van der Waals surface area contributed by atoms with Gasteiger partial charge >= 0.3 is 12.1 Å². The van der Waals surface area contributed by atoms with Crippen molar-refractivity contribution in [3.05, 3.63) is 41.5 Å². The Bertz CT molecular complexity index is 618. The summed E-state index contributed by atoms with van der Waals surface area (Å²) in [6, 6.07) is 7.59. The summed E-state index contributed by atoms with van der Waals surface area (Å²) in [5, 5.41) is 0. The molecular formula is C16H17F3N2O2. The van der Waals surface area contributed by atoms with Crippen molar-refractivity contribution in [1.82, 2.24) is 9.80 Å². The molecule has 2 rings (SSSR count). The van der Waals surface area contributed by atoms with E-state index in [2.05, 4.69) is 0 Å². The van der Waals surface area contributed by atoms with Crippen molar-refractivity contribution >= 4 is 17.9 Å². The van der Waals surface area contributed by atoms with E-state index in [1.54, 1.807) is 6.08 Å². The molecule has 0 atom stereocenters. The predicted molar refractivity (Wildman–Crippen MR) is 79.4 cm³/mol. The van der Waals surface area contributed by atoms with Crippen LogP contribution in [-0.2, 0) is 9.59 Å². The van der Waals surface area contributed by atoms with E-state index in [9.17, 15) is 22.8 Å². The smallest absolute Gasteiger partial charge is 0.336 e. The van der Waals surface area contributed by atoms with E-state index in [1.807, 2.05) is 31.2 Å². The Kier molecular flexibility index (Phi) is 5.08. The molecule has 2 amide bonds. The van der Waals surface area contributed by atoms with Gasteiger partial charge in [-0.25, -0.2) is 0 Å². The molecule has 1 aliphatic rings. The van der Waals surface area contributed by atoms with E-state index in [4.69, 9.17) is 0 Å². The van der Waals surface area contributed by atoms with Crippen molar-refractivity contribution in [2.24, 2.45) is 0 Å². The highest BCUT2D eigenvalue weighted by Gasteiger charge is 2.43. The van der Waals surface area contributed by atoms with Crippen LogP contribution in [0.15, 0.2) is 30.3 Å². The van der Waals surface area contributed by atoms with Gasteiger partial charge in [0.15, 0.2) is 0 Å². The van der Waals surface area contributed by atoms with Crippen LogP contribution in [0.2, 0.25) is 0 Å². The first-order chi connectivity index (χ1) is 10.8. The van der Waals surface area contributed by atoms with E-state index in [-0.39, 0.29) is 32.1 Å². The molecule has 4 nitrogen and oxygen atoms in total. The third-order valence-corrected chi connectivity index (χ3v) is 3.58. The number of benzene rings is 1. The second-order valence-corrected chi connectivity index (χ2v) is 5.36. The summed E-state index contributed by atoms with van der Waals surface area (Å²) in [5.41, 5.74) is 1.95. The fraction of sp³-hybridized carbons (Fsp3) is 0.375. The van der Waals surface area contributed by atoms with Crippen molar-refractivity contribution in [2.75, 3.05) is 26.2 Å². The molecule has 1 aromatic rings. The Balaban J connectivity index is 1.90. The van der Waals surface area contributed by atoms with Gasteiger partial charge in [-0.3, -0.25) is 9.59 Å². The van der Waals surface area contributed by atoms with Gasteiger partial charge in [0.25, 0.3) is 0 Å². The number of hydrogen-bond donors (Lipinski definition) is 0. The summed E-state index contributed by atoms with van der Waals surface area (Å²) in [4.78, 5) is 25.3. The molecule has 1 heterocycles. The molecule has 0 saturated carbocycles. The summed E-state index contributed by atoms with van der Waals surface area (Å²) >= 11 is 0. The van der Waals surface area contributed by atoms with Gasteiger partial charge < -0.3 is 9.80 Å². The average Bonchev–Trinajstić information content (AvgIpc) is 2.51. The van der Waals surface area contributed by atoms with Gasteiger partial charge in [-0.15, -0.1) is 0 Å². The SMILES string of the molecule is Cc1cccc(/C=C/C(=O)N2CCN(C(=O)C(F)(F)F)CC2)c1. The average molecular weight is 326 g/mol. The van der Waals surface area contributed by atoms with Crippen LogP contribution in [0.1, 0.15) is 11.1 Å². The van der Waals surface area contributed by atoms with Crippen molar-refractivity contribution in [1.29, 1.82) is 0 Å². The zero-order valence-electron chi connectivity index (χ0n) is 12.6. The van der Waals surface area contributed by atoms with Gasteiger partial charge in [0.1, 0.15) is 0 Å². The second kappa shape index (κ2) is 6.85. The van der Waals surface area contributed by atoms with Crippen LogP contribution in [0.5, 0.6) is 0 Å². The summed E-state index contributed by atoms with van der Waals surface area (Å²) in [6.07, 6.45) is -1.80. The number of alkyl halides is 3. The number of aryl methyl sites for hydroxylation is 1. The molecule has 0 unspecified atom stereocenters. The van der Waals surface area contributed by atoms with Gasteiger partial charge in [0, 0.05) is 32.3 Å². The molecule has 1 aliphatic heterocycles. The maximum Gasteiger partial charge on any atom is 0.471 e. The van der Waals surface area contributed by atoms with Gasteiger partial charge in [0.05, 0.1) is 0 Å². The molecule has 1 saturated heterocycles. The normalized spacial score (nSPS) is 16.0. The Hall–Kier alpha value is -2.31. The minimum absolute atomic E-state index is 0.0960. The van der Waals surface area contributed by atoms with Crippen molar-refractivity contribution in [2.45, 2.75) is 13.1 Å². The third kappa shape index (κ3) is 4.58. The van der Waals surface area contributed by atoms with Gasteiger partial charge in [-0.2, -0.15) is 13.2 Å². The summed E-state index contributed by atoms with van der Waals surface area (Å²) in [7, 11) is 0. The monoisotopic (exact) mass is 326 g/mol. The van der Waals surface area contributed by atoms with E-state index < -0.39 is 12.1 Å². The van der Waals surface area contributed by atoms with Crippen LogP contribution in [0.25, 0.3) is 6.08 Å². The number of hydrogen-bond acceptors (Lipinski definition) is 2. The molecular weight excluding hydrogens is 309 g/mol. The van der Waals surface area contributed by atoms with Gasteiger partial charge in [-0.1, -0.05) is 29.8 Å². The number of amides is 2. The minimum atomic E-state index is -4.86. The fourth-order valence-corrected chi connectivity index (χ4v) is 2.36. The summed E-state index contributed by atoms with van der Waals surface area (Å²) in [6.45, 7) is 1.92. The second-order valence-electron chi connectivity index (χ2n) is 5.36. The topological polar surface area (TPSA) is 40.6 Å². The zero-order chi connectivity index (χ0) is 17.0. The van der Waals surface area contributed by atoms with Crippen LogP contribution in [0.3, 0.4) is 0 Å². The molecule has 0 aliphatic carbocycles. The fourth-order valence-electron chi connectivity index (χ4n) is 2.36. The summed E-state index contributed by atoms with van der Waals surface area (Å²) < 4.78 is 37.0. The number of rotatable bonds is 2. The number of carbonyl (C=O) groups excluding carboxylic acids is 2. The lowest BCUT2D eigenvalue weighted by Gasteiger charge is -2.34. The van der Waals surface area contributed by atoms with Gasteiger partial charge in [-0.05, 0) is 18.6 Å². The van der Waals surface area contributed by atoms with E-state index >= 15 is 0 Å². The maximum absolute atomic E-state index is 12.3. The lowest BCUT2D eigenvalue weighted by atomic mass is 10.1. The van der Waals surface area contributed by atoms with Crippen LogP contribution < -0.4 is 0 Å².